The van der Waals surface area contributed by atoms with Crippen LogP contribution < -0.4 is 5.73 Å². The molecule has 2 rings (SSSR count). The number of aliphatic hydroxyl groups is 1. The highest BCUT2D eigenvalue weighted by Crippen LogP contribution is 2.30. The highest BCUT2D eigenvalue weighted by atomic mass is 32.1. The van der Waals surface area contributed by atoms with Gasteiger partial charge in [0.15, 0.2) is 0 Å². The molecule has 0 spiro atoms. The number of aromatic nitrogens is 2. The second-order valence-electron chi connectivity index (χ2n) is 4.01. The van der Waals surface area contributed by atoms with Gasteiger partial charge in [-0.3, -0.25) is 0 Å². The van der Waals surface area contributed by atoms with Crippen LogP contribution in [0.3, 0.4) is 0 Å². The van der Waals surface area contributed by atoms with Crippen molar-refractivity contribution in [3.63, 3.8) is 0 Å². The van der Waals surface area contributed by atoms with E-state index in [1.54, 1.807) is 6.92 Å². The van der Waals surface area contributed by atoms with E-state index in [9.17, 15) is 5.11 Å². The monoisotopic (exact) mass is 213 g/mol. The summed E-state index contributed by atoms with van der Waals surface area (Å²) in [7, 11) is 0. The number of nitrogens with zero attached hydrogens (tertiary/aromatic N) is 2. The molecule has 1 atom stereocenters. The summed E-state index contributed by atoms with van der Waals surface area (Å²) in [6, 6.07) is 0.393. The Kier molecular flexibility index (Phi) is 2.80. The summed E-state index contributed by atoms with van der Waals surface area (Å²) in [6.07, 6.45) is 2.68. The minimum absolute atomic E-state index is 0.393. The molecule has 0 saturated heterocycles. The Hall–Kier alpha value is -0.520. The molecule has 14 heavy (non-hydrogen) atoms. The zero-order valence-electron chi connectivity index (χ0n) is 8.18. The molecule has 78 valence electrons. The fourth-order valence-electron chi connectivity index (χ4n) is 1.72. The SMILES string of the molecule is C[C@@H](O)c1nnc(CC2CC(N)C2)s1. The Labute approximate surface area is 87.2 Å². The molecule has 1 aromatic heterocycles. The van der Waals surface area contributed by atoms with Crippen LogP contribution in [0, 0.1) is 5.92 Å². The fraction of sp³-hybridized carbons (Fsp3) is 0.778. The van der Waals surface area contributed by atoms with E-state index >= 15 is 0 Å². The van der Waals surface area contributed by atoms with Gasteiger partial charge in [-0.05, 0) is 25.7 Å². The lowest BCUT2D eigenvalue weighted by molar-refractivity contribution is 0.198. The van der Waals surface area contributed by atoms with Crippen LogP contribution in [-0.4, -0.2) is 21.3 Å². The Bertz CT molecular complexity index is 307. The molecule has 0 unspecified atom stereocenters. The van der Waals surface area contributed by atoms with E-state index in [2.05, 4.69) is 10.2 Å². The first-order valence-corrected chi connectivity index (χ1v) is 5.72. The molecule has 1 fully saturated rings. The van der Waals surface area contributed by atoms with Gasteiger partial charge in [-0.1, -0.05) is 11.3 Å². The Morgan fingerprint density at radius 1 is 1.57 bits per heavy atom. The minimum atomic E-state index is -0.495. The number of nitrogens with two attached hydrogens (primary N) is 1. The van der Waals surface area contributed by atoms with Crippen molar-refractivity contribution in [3.8, 4) is 0 Å². The first kappa shape index (κ1) is 10.0. The van der Waals surface area contributed by atoms with Crippen LogP contribution in [0.2, 0.25) is 0 Å². The summed E-state index contributed by atoms with van der Waals surface area (Å²) in [5, 5.41) is 19.0. The Morgan fingerprint density at radius 2 is 2.29 bits per heavy atom. The second kappa shape index (κ2) is 3.92. The lowest BCUT2D eigenvalue weighted by atomic mass is 9.79. The standard InChI is InChI=1S/C9H15N3OS/c1-5(13)9-12-11-8(14-9)4-6-2-7(10)3-6/h5-7,13H,2-4,10H2,1H3/t5-,6?,7?/m1/s1. The lowest BCUT2D eigenvalue weighted by Gasteiger charge is -2.31. The van der Waals surface area contributed by atoms with Gasteiger partial charge in [0.05, 0.1) is 0 Å². The molecule has 0 bridgehead atoms. The highest BCUT2D eigenvalue weighted by Gasteiger charge is 2.27. The highest BCUT2D eigenvalue weighted by molar-refractivity contribution is 7.11. The predicted molar refractivity (Wildman–Crippen MR) is 54.9 cm³/mol. The molecular weight excluding hydrogens is 198 g/mol. The molecule has 1 saturated carbocycles. The topological polar surface area (TPSA) is 72.0 Å². The van der Waals surface area contributed by atoms with E-state index in [1.165, 1.54) is 11.3 Å². The van der Waals surface area contributed by atoms with E-state index in [0.29, 0.717) is 17.0 Å². The molecule has 4 nitrogen and oxygen atoms in total. The first-order chi connectivity index (χ1) is 6.65. The quantitative estimate of drug-likeness (QED) is 0.781. The average Bonchev–Trinajstić information content (AvgIpc) is 2.50. The third kappa shape index (κ3) is 2.10. The van der Waals surface area contributed by atoms with Gasteiger partial charge in [0, 0.05) is 12.5 Å². The molecule has 1 aliphatic carbocycles. The summed E-state index contributed by atoms with van der Waals surface area (Å²) < 4.78 is 0. The van der Waals surface area contributed by atoms with E-state index in [1.807, 2.05) is 0 Å². The summed E-state index contributed by atoms with van der Waals surface area (Å²) >= 11 is 1.51. The molecule has 0 radical (unpaired) electrons. The van der Waals surface area contributed by atoms with Crippen LogP contribution in [0.1, 0.15) is 35.9 Å². The van der Waals surface area contributed by atoms with Gasteiger partial charge in [0.2, 0.25) is 0 Å². The van der Waals surface area contributed by atoms with E-state index < -0.39 is 6.10 Å². The Morgan fingerprint density at radius 3 is 2.79 bits per heavy atom. The van der Waals surface area contributed by atoms with Crippen molar-refractivity contribution in [2.45, 2.75) is 38.3 Å². The third-order valence-corrected chi connectivity index (χ3v) is 3.69. The molecule has 0 aromatic carbocycles. The van der Waals surface area contributed by atoms with Crippen LogP contribution in [0.15, 0.2) is 0 Å². The van der Waals surface area contributed by atoms with Crippen molar-refractivity contribution in [1.29, 1.82) is 0 Å². The number of rotatable bonds is 3. The molecule has 1 heterocycles. The Balaban J connectivity index is 1.90. The maximum Gasteiger partial charge on any atom is 0.145 e. The van der Waals surface area contributed by atoms with Gasteiger partial charge in [0.25, 0.3) is 0 Å². The molecule has 3 N–H and O–H groups in total. The normalized spacial score (nSPS) is 28.5. The van der Waals surface area contributed by atoms with Crippen molar-refractivity contribution >= 4 is 11.3 Å². The summed E-state index contributed by atoms with van der Waals surface area (Å²) in [6.45, 7) is 1.71. The van der Waals surface area contributed by atoms with Crippen molar-refractivity contribution in [3.05, 3.63) is 10.0 Å². The van der Waals surface area contributed by atoms with Crippen LogP contribution in [0.4, 0.5) is 0 Å². The summed E-state index contributed by atoms with van der Waals surface area (Å²) in [4.78, 5) is 0. The van der Waals surface area contributed by atoms with Gasteiger partial charge in [0.1, 0.15) is 16.1 Å². The van der Waals surface area contributed by atoms with Crippen molar-refractivity contribution < 1.29 is 5.11 Å². The van der Waals surface area contributed by atoms with E-state index in [0.717, 1.165) is 24.3 Å². The summed E-state index contributed by atoms with van der Waals surface area (Å²) in [5.74, 6) is 0.680. The number of aliphatic hydroxyl groups excluding tert-OH is 1. The van der Waals surface area contributed by atoms with Crippen molar-refractivity contribution in [2.24, 2.45) is 11.7 Å². The zero-order chi connectivity index (χ0) is 10.1. The molecule has 0 aliphatic heterocycles. The van der Waals surface area contributed by atoms with Crippen molar-refractivity contribution in [1.82, 2.24) is 10.2 Å². The second-order valence-corrected chi connectivity index (χ2v) is 5.11. The maximum atomic E-state index is 9.27. The zero-order valence-corrected chi connectivity index (χ0v) is 9.00. The van der Waals surface area contributed by atoms with Gasteiger partial charge >= 0.3 is 0 Å². The van der Waals surface area contributed by atoms with E-state index in [4.69, 9.17) is 5.73 Å². The van der Waals surface area contributed by atoms with Crippen LogP contribution in [-0.2, 0) is 6.42 Å². The van der Waals surface area contributed by atoms with Crippen LogP contribution in [0.25, 0.3) is 0 Å². The van der Waals surface area contributed by atoms with E-state index in [-0.39, 0.29) is 0 Å². The van der Waals surface area contributed by atoms with Crippen molar-refractivity contribution in [2.75, 3.05) is 0 Å². The van der Waals surface area contributed by atoms with Gasteiger partial charge in [-0.15, -0.1) is 10.2 Å². The van der Waals surface area contributed by atoms with Gasteiger partial charge < -0.3 is 10.8 Å². The van der Waals surface area contributed by atoms with Crippen LogP contribution in [0.5, 0.6) is 0 Å². The lowest BCUT2D eigenvalue weighted by Crippen LogP contribution is -2.37. The fourth-order valence-corrected chi connectivity index (χ4v) is 2.61. The van der Waals surface area contributed by atoms with Crippen LogP contribution >= 0.6 is 11.3 Å². The average molecular weight is 213 g/mol. The maximum absolute atomic E-state index is 9.27. The predicted octanol–water partition coefficient (Wildman–Crippen LogP) is 0.871. The molecular formula is C9H15N3OS. The smallest absolute Gasteiger partial charge is 0.145 e. The van der Waals surface area contributed by atoms with Gasteiger partial charge in [-0.25, -0.2) is 0 Å². The largest absolute Gasteiger partial charge is 0.386 e. The molecule has 0 amide bonds. The molecule has 5 heteroatoms. The molecule has 1 aliphatic rings. The molecule has 1 aromatic rings. The van der Waals surface area contributed by atoms with Gasteiger partial charge in [-0.2, -0.15) is 0 Å². The first-order valence-electron chi connectivity index (χ1n) is 4.91. The third-order valence-electron chi connectivity index (χ3n) is 2.58. The summed E-state index contributed by atoms with van der Waals surface area (Å²) in [5.41, 5.74) is 5.70. The number of hydrogen-bond acceptors (Lipinski definition) is 5. The minimum Gasteiger partial charge on any atom is -0.386 e. The number of hydrogen-bond donors (Lipinski definition) is 2.